The minimum atomic E-state index is -0.546. The molecule has 1 unspecified atom stereocenters. The van der Waals surface area contributed by atoms with Gasteiger partial charge in [-0.3, -0.25) is 9.80 Å². The molecule has 1 fully saturated rings. The topological polar surface area (TPSA) is 35.9 Å². The van der Waals surface area contributed by atoms with Crippen LogP contribution in [-0.2, 0) is 17.9 Å². The van der Waals surface area contributed by atoms with E-state index in [1.54, 1.807) is 29.5 Å². The average molecular weight is 364 g/mol. The van der Waals surface area contributed by atoms with Gasteiger partial charge >= 0.3 is 0 Å². The largest absolute Gasteiger partial charge is 0.389 e. The van der Waals surface area contributed by atoms with Crippen LogP contribution in [0.5, 0.6) is 0 Å². The zero-order valence-corrected chi connectivity index (χ0v) is 15.1. The first kappa shape index (κ1) is 18.5. The van der Waals surface area contributed by atoms with E-state index in [1.165, 1.54) is 10.9 Å². The van der Waals surface area contributed by atoms with Crippen LogP contribution in [0.15, 0.2) is 41.8 Å². The van der Waals surface area contributed by atoms with Crippen LogP contribution in [0.3, 0.4) is 0 Å². The van der Waals surface area contributed by atoms with Crippen LogP contribution in [0.4, 0.5) is 4.39 Å². The molecule has 4 nitrogen and oxygen atoms in total. The Morgan fingerprint density at radius 2 is 1.84 bits per heavy atom. The van der Waals surface area contributed by atoms with Gasteiger partial charge in [0.1, 0.15) is 5.82 Å². The average Bonchev–Trinajstić information content (AvgIpc) is 3.11. The van der Waals surface area contributed by atoms with Gasteiger partial charge in [-0.2, -0.15) is 0 Å². The van der Waals surface area contributed by atoms with Crippen LogP contribution in [0, 0.1) is 5.82 Å². The number of rotatable bonds is 8. The third-order valence-electron chi connectivity index (χ3n) is 4.42. The normalized spacial score (nSPS) is 17.7. The number of hydrogen-bond acceptors (Lipinski definition) is 5. The third kappa shape index (κ3) is 5.87. The number of β-amino-alcohol motifs (C(OH)–C–C–N with tert-alkyl or cyclic N) is 1. The van der Waals surface area contributed by atoms with Gasteiger partial charge < -0.3 is 9.84 Å². The lowest BCUT2D eigenvalue weighted by Gasteiger charge is -2.35. The fourth-order valence-electron chi connectivity index (χ4n) is 3.02. The SMILES string of the molecule is OC(COCc1ccccc1F)CN1CCN(Cc2cccs2)CC1. The number of hydrogen-bond donors (Lipinski definition) is 1. The molecule has 0 saturated carbocycles. The molecule has 0 spiro atoms. The Morgan fingerprint density at radius 3 is 2.56 bits per heavy atom. The van der Waals surface area contributed by atoms with Crippen molar-refractivity contribution in [2.75, 3.05) is 39.3 Å². The molecule has 1 atom stereocenters. The summed E-state index contributed by atoms with van der Waals surface area (Å²) >= 11 is 1.80. The molecule has 2 aromatic rings. The second kappa shape index (κ2) is 9.40. The maximum atomic E-state index is 13.5. The molecular weight excluding hydrogens is 339 g/mol. The van der Waals surface area contributed by atoms with Crippen molar-refractivity contribution in [3.05, 3.63) is 58.0 Å². The van der Waals surface area contributed by atoms with Crippen LogP contribution < -0.4 is 0 Å². The molecule has 1 aliphatic heterocycles. The fourth-order valence-corrected chi connectivity index (χ4v) is 3.77. The summed E-state index contributed by atoms with van der Waals surface area (Å²) in [4.78, 5) is 6.11. The maximum absolute atomic E-state index is 13.5. The molecule has 1 N–H and O–H groups in total. The predicted molar refractivity (Wildman–Crippen MR) is 98.1 cm³/mol. The minimum absolute atomic E-state index is 0.193. The Balaban J connectivity index is 1.32. The van der Waals surface area contributed by atoms with E-state index in [2.05, 4.69) is 27.3 Å². The molecule has 25 heavy (non-hydrogen) atoms. The standard InChI is InChI=1S/C19H25FN2O2S/c20-19-6-2-1-4-16(19)14-24-15-17(23)12-21-7-9-22(10-8-21)13-18-5-3-11-25-18/h1-6,11,17,23H,7-10,12-15H2. The quantitative estimate of drug-likeness (QED) is 0.781. The number of piperazine rings is 1. The van der Waals surface area contributed by atoms with Crippen molar-refractivity contribution >= 4 is 11.3 Å². The summed E-state index contributed by atoms with van der Waals surface area (Å²) in [6.45, 7) is 5.97. The highest BCUT2D eigenvalue weighted by Crippen LogP contribution is 2.14. The van der Waals surface area contributed by atoms with Crippen molar-refractivity contribution in [1.82, 2.24) is 9.80 Å². The van der Waals surface area contributed by atoms with E-state index in [0.29, 0.717) is 12.1 Å². The summed E-state index contributed by atoms with van der Waals surface area (Å²) in [5.74, 6) is -0.265. The lowest BCUT2D eigenvalue weighted by atomic mass is 10.2. The summed E-state index contributed by atoms with van der Waals surface area (Å²) in [6.07, 6.45) is -0.546. The van der Waals surface area contributed by atoms with E-state index >= 15 is 0 Å². The van der Waals surface area contributed by atoms with Crippen molar-refractivity contribution in [1.29, 1.82) is 0 Å². The Labute approximate surface area is 152 Å². The predicted octanol–water partition coefficient (Wildman–Crippen LogP) is 2.58. The zero-order chi connectivity index (χ0) is 17.5. The Hall–Kier alpha value is -1.31. The Kier molecular flexibility index (Phi) is 6.95. The number of halogens is 1. The van der Waals surface area contributed by atoms with E-state index in [1.807, 2.05) is 0 Å². The molecule has 1 aromatic carbocycles. The summed E-state index contributed by atoms with van der Waals surface area (Å²) < 4.78 is 19.0. The van der Waals surface area contributed by atoms with Crippen molar-refractivity contribution in [3.63, 3.8) is 0 Å². The molecule has 1 saturated heterocycles. The van der Waals surface area contributed by atoms with Gasteiger partial charge in [-0.05, 0) is 17.5 Å². The smallest absolute Gasteiger partial charge is 0.128 e. The van der Waals surface area contributed by atoms with Crippen molar-refractivity contribution in [3.8, 4) is 0 Å². The Morgan fingerprint density at radius 1 is 1.08 bits per heavy atom. The highest BCUT2D eigenvalue weighted by molar-refractivity contribution is 7.09. The number of aliphatic hydroxyl groups excluding tert-OH is 1. The molecule has 6 heteroatoms. The zero-order valence-electron chi connectivity index (χ0n) is 14.3. The van der Waals surface area contributed by atoms with Crippen molar-refractivity contribution in [2.45, 2.75) is 19.3 Å². The first-order chi connectivity index (χ1) is 12.2. The molecule has 0 bridgehead atoms. The molecule has 0 amide bonds. The number of ether oxygens (including phenoxy) is 1. The monoisotopic (exact) mass is 364 g/mol. The van der Waals surface area contributed by atoms with Crippen LogP contribution in [-0.4, -0.2) is 60.3 Å². The van der Waals surface area contributed by atoms with Gasteiger partial charge in [0.05, 0.1) is 19.3 Å². The number of nitrogens with zero attached hydrogens (tertiary/aromatic N) is 2. The molecule has 2 heterocycles. The number of benzene rings is 1. The van der Waals surface area contributed by atoms with Gasteiger partial charge in [0, 0.05) is 49.7 Å². The maximum Gasteiger partial charge on any atom is 0.128 e. The van der Waals surface area contributed by atoms with Gasteiger partial charge in [0.25, 0.3) is 0 Å². The number of thiophene rings is 1. The van der Waals surface area contributed by atoms with Gasteiger partial charge in [-0.25, -0.2) is 4.39 Å². The summed E-state index contributed by atoms with van der Waals surface area (Å²) in [7, 11) is 0. The first-order valence-electron chi connectivity index (χ1n) is 8.67. The Bertz CT molecular complexity index is 630. The fraction of sp³-hybridized carbons (Fsp3) is 0.474. The minimum Gasteiger partial charge on any atom is -0.389 e. The molecule has 1 aliphatic rings. The lowest BCUT2D eigenvalue weighted by Crippen LogP contribution is -2.48. The van der Waals surface area contributed by atoms with Crippen molar-refractivity contribution in [2.24, 2.45) is 0 Å². The highest BCUT2D eigenvalue weighted by atomic mass is 32.1. The summed E-state index contributed by atoms with van der Waals surface area (Å²) in [6, 6.07) is 10.8. The van der Waals surface area contributed by atoms with Crippen LogP contribution in [0.2, 0.25) is 0 Å². The van der Waals surface area contributed by atoms with Gasteiger partial charge in [0.2, 0.25) is 0 Å². The second-order valence-electron chi connectivity index (χ2n) is 6.42. The van der Waals surface area contributed by atoms with Gasteiger partial charge in [-0.15, -0.1) is 11.3 Å². The third-order valence-corrected chi connectivity index (χ3v) is 5.28. The first-order valence-corrected chi connectivity index (χ1v) is 9.55. The van der Waals surface area contributed by atoms with Crippen molar-refractivity contribution < 1.29 is 14.2 Å². The van der Waals surface area contributed by atoms with Gasteiger partial charge in [-0.1, -0.05) is 24.3 Å². The van der Waals surface area contributed by atoms with E-state index in [-0.39, 0.29) is 19.0 Å². The summed E-state index contributed by atoms with van der Waals surface area (Å²) in [5, 5.41) is 12.3. The van der Waals surface area contributed by atoms with E-state index in [4.69, 9.17) is 4.74 Å². The molecule has 3 rings (SSSR count). The van der Waals surface area contributed by atoms with E-state index in [9.17, 15) is 9.50 Å². The summed E-state index contributed by atoms with van der Waals surface area (Å²) in [5.41, 5.74) is 0.525. The van der Waals surface area contributed by atoms with Crippen LogP contribution >= 0.6 is 11.3 Å². The van der Waals surface area contributed by atoms with Crippen LogP contribution in [0.25, 0.3) is 0 Å². The molecule has 136 valence electrons. The molecule has 0 aliphatic carbocycles. The van der Waals surface area contributed by atoms with E-state index in [0.717, 1.165) is 32.7 Å². The number of aliphatic hydroxyl groups is 1. The second-order valence-corrected chi connectivity index (χ2v) is 7.45. The van der Waals surface area contributed by atoms with E-state index < -0.39 is 6.10 Å². The van der Waals surface area contributed by atoms with Crippen LogP contribution in [0.1, 0.15) is 10.4 Å². The highest BCUT2D eigenvalue weighted by Gasteiger charge is 2.19. The molecule has 0 radical (unpaired) electrons. The lowest BCUT2D eigenvalue weighted by molar-refractivity contribution is 0.000317. The molecule has 1 aromatic heterocycles. The van der Waals surface area contributed by atoms with Gasteiger partial charge in [0.15, 0.2) is 0 Å². The molecular formula is C19H25FN2O2S.